The Morgan fingerprint density at radius 2 is 1.79 bits per heavy atom. The van der Waals surface area contributed by atoms with Gasteiger partial charge in [0.15, 0.2) is 0 Å². The third-order valence-corrected chi connectivity index (χ3v) is 6.74. The predicted octanol–water partition coefficient (Wildman–Crippen LogP) is 5.19. The summed E-state index contributed by atoms with van der Waals surface area (Å²) in [5.41, 5.74) is 1.42. The molecule has 0 aliphatic carbocycles. The number of anilines is 1. The van der Waals surface area contributed by atoms with Gasteiger partial charge in [-0.05, 0) is 50.7 Å². The quantitative estimate of drug-likeness (QED) is 0.648. The van der Waals surface area contributed by atoms with Crippen molar-refractivity contribution >= 4 is 29.0 Å². The van der Waals surface area contributed by atoms with Gasteiger partial charge in [-0.1, -0.05) is 43.1 Å². The Labute approximate surface area is 182 Å². The van der Waals surface area contributed by atoms with Crippen LogP contribution in [-0.2, 0) is 4.74 Å². The summed E-state index contributed by atoms with van der Waals surface area (Å²) >= 11 is 12.5. The molecule has 29 heavy (non-hydrogen) atoms. The zero-order valence-corrected chi connectivity index (χ0v) is 19.1. The first kappa shape index (κ1) is 22.1. The summed E-state index contributed by atoms with van der Waals surface area (Å²) in [5, 5.41) is 0.779. The maximum absolute atomic E-state index is 13.1. The van der Waals surface area contributed by atoms with Gasteiger partial charge in [-0.2, -0.15) is 0 Å². The smallest absolute Gasteiger partial charge is 0.263 e. The van der Waals surface area contributed by atoms with E-state index < -0.39 is 0 Å². The van der Waals surface area contributed by atoms with Crippen LogP contribution in [0.15, 0.2) is 23.0 Å². The third-order valence-electron chi connectivity index (χ3n) is 5.93. The number of ether oxygens (including phenoxy) is 1. The van der Waals surface area contributed by atoms with Gasteiger partial charge in [-0.15, -0.1) is 0 Å². The molecule has 1 aromatic carbocycles. The molecule has 2 aliphatic heterocycles. The zero-order chi connectivity index (χ0) is 21.2. The number of rotatable bonds is 2. The van der Waals surface area contributed by atoms with E-state index in [1.807, 2.05) is 27.7 Å². The van der Waals surface area contributed by atoms with Crippen LogP contribution in [0.4, 0.5) is 5.82 Å². The van der Waals surface area contributed by atoms with Crippen molar-refractivity contribution in [1.29, 1.82) is 0 Å². The van der Waals surface area contributed by atoms with Gasteiger partial charge in [0.25, 0.3) is 5.56 Å². The maximum Gasteiger partial charge on any atom is 0.263 e. The molecular weight excluding hydrogens is 409 g/mol. The highest BCUT2D eigenvalue weighted by Crippen LogP contribution is 2.40. The monoisotopic (exact) mass is 437 g/mol. The zero-order valence-electron chi connectivity index (χ0n) is 17.6. The molecule has 5 nitrogen and oxygen atoms in total. The lowest BCUT2D eigenvalue weighted by Crippen LogP contribution is -2.42. The van der Waals surface area contributed by atoms with E-state index in [-0.39, 0.29) is 5.56 Å². The van der Waals surface area contributed by atoms with Gasteiger partial charge < -0.3 is 9.64 Å². The molecule has 0 bridgehead atoms. The molecule has 7 heteroatoms. The summed E-state index contributed by atoms with van der Waals surface area (Å²) in [5.74, 6) is 1.38. The van der Waals surface area contributed by atoms with E-state index in [1.165, 1.54) is 0 Å². The van der Waals surface area contributed by atoms with Gasteiger partial charge in [0, 0.05) is 19.7 Å². The predicted molar refractivity (Wildman–Crippen MR) is 120 cm³/mol. The van der Waals surface area contributed by atoms with E-state index in [4.69, 9.17) is 32.9 Å². The first-order valence-corrected chi connectivity index (χ1v) is 11.0. The molecule has 2 aromatic rings. The van der Waals surface area contributed by atoms with Crippen LogP contribution in [0.25, 0.3) is 5.69 Å². The number of nitrogens with zero attached hydrogens (tertiary/aromatic N) is 3. The van der Waals surface area contributed by atoms with E-state index in [1.54, 1.807) is 22.8 Å². The fourth-order valence-corrected chi connectivity index (χ4v) is 4.57. The summed E-state index contributed by atoms with van der Waals surface area (Å²) < 4.78 is 7.16. The Kier molecular flexibility index (Phi) is 6.92. The molecule has 0 saturated carbocycles. The van der Waals surface area contributed by atoms with Gasteiger partial charge in [-0.25, -0.2) is 4.98 Å². The summed E-state index contributed by atoms with van der Waals surface area (Å²) in [6, 6.07) is 5.28. The van der Waals surface area contributed by atoms with Crippen LogP contribution < -0.4 is 10.5 Å². The number of benzene rings is 1. The Morgan fingerprint density at radius 1 is 1.10 bits per heavy atom. The highest BCUT2D eigenvalue weighted by atomic mass is 35.5. The molecule has 4 rings (SSSR count). The van der Waals surface area contributed by atoms with E-state index >= 15 is 0 Å². The van der Waals surface area contributed by atoms with Crippen molar-refractivity contribution in [3.8, 4) is 5.69 Å². The van der Waals surface area contributed by atoms with Crippen LogP contribution in [0.2, 0.25) is 10.0 Å². The molecule has 158 valence electrons. The second-order valence-electron chi connectivity index (χ2n) is 7.61. The van der Waals surface area contributed by atoms with Crippen LogP contribution in [-0.4, -0.2) is 35.9 Å². The largest absolute Gasteiger partial charge is 0.381 e. The Hall–Kier alpha value is -1.56. The van der Waals surface area contributed by atoms with Gasteiger partial charge in [-0.3, -0.25) is 9.36 Å². The highest BCUT2D eigenvalue weighted by molar-refractivity contribution is 6.43. The van der Waals surface area contributed by atoms with Crippen molar-refractivity contribution < 1.29 is 4.74 Å². The van der Waals surface area contributed by atoms with E-state index in [0.717, 1.165) is 51.4 Å². The van der Waals surface area contributed by atoms with Crippen molar-refractivity contribution in [1.82, 2.24) is 9.55 Å². The standard InChI is InChI=1S/C20H23Cl2N3O2.C2H6/c1-13-18(24-9-6-20(7-10-24)8-11-27-12-20)23-14(2)25(19(13)26)16-5-3-4-15(21)17(16)22;1-2/h3-5H,6-12H2,1-2H3;1-2H3. The van der Waals surface area contributed by atoms with Crippen molar-refractivity contribution in [3.63, 3.8) is 0 Å². The average molecular weight is 438 g/mol. The van der Waals surface area contributed by atoms with Crippen LogP contribution >= 0.6 is 23.2 Å². The number of halogens is 2. The topological polar surface area (TPSA) is 47.4 Å². The molecule has 0 unspecified atom stereocenters. The van der Waals surface area contributed by atoms with Gasteiger partial charge >= 0.3 is 0 Å². The van der Waals surface area contributed by atoms with E-state index in [9.17, 15) is 4.79 Å². The molecule has 0 N–H and O–H groups in total. The number of aryl methyl sites for hydroxylation is 1. The number of hydrogen-bond acceptors (Lipinski definition) is 4. The minimum Gasteiger partial charge on any atom is -0.381 e. The summed E-state index contributed by atoms with van der Waals surface area (Å²) in [6.07, 6.45) is 3.30. The lowest BCUT2D eigenvalue weighted by Gasteiger charge is -2.39. The first-order valence-electron chi connectivity index (χ1n) is 10.3. The second kappa shape index (κ2) is 9.07. The normalized spacial score (nSPS) is 17.9. The van der Waals surface area contributed by atoms with Gasteiger partial charge in [0.05, 0.1) is 27.9 Å². The Balaban J connectivity index is 0.00000117. The molecule has 0 atom stereocenters. The third kappa shape index (κ3) is 4.18. The van der Waals surface area contributed by atoms with Crippen molar-refractivity contribution in [2.75, 3.05) is 31.2 Å². The Bertz CT molecular complexity index is 926. The summed E-state index contributed by atoms with van der Waals surface area (Å²) in [7, 11) is 0. The van der Waals surface area contributed by atoms with Crippen LogP contribution in [0, 0.1) is 19.3 Å². The van der Waals surface area contributed by atoms with Crippen molar-refractivity contribution in [2.45, 2.75) is 47.0 Å². The maximum atomic E-state index is 13.1. The molecule has 1 spiro atoms. The lowest BCUT2D eigenvalue weighted by molar-refractivity contribution is 0.133. The lowest BCUT2D eigenvalue weighted by atomic mass is 9.78. The number of aromatic nitrogens is 2. The van der Waals surface area contributed by atoms with E-state index in [2.05, 4.69) is 4.90 Å². The first-order chi connectivity index (χ1) is 13.9. The molecule has 2 aliphatic rings. The summed E-state index contributed by atoms with van der Waals surface area (Å²) in [4.78, 5) is 20.1. The fraction of sp³-hybridized carbons (Fsp3) is 0.545. The highest BCUT2D eigenvalue weighted by Gasteiger charge is 2.38. The SMILES string of the molecule is CC.Cc1c(N2CCC3(CCOC3)CC2)nc(C)n(-c2cccc(Cl)c2Cl)c1=O. The van der Waals surface area contributed by atoms with Gasteiger partial charge in [0.1, 0.15) is 11.6 Å². The van der Waals surface area contributed by atoms with Crippen LogP contribution in [0.5, 0.6) is 0 Å². The number of hydrogen-bond donors (Lipinski definition) is 0. The van der Waals surface area contributed by atoms with Gasteiger partial charge in [0.2, 0.25) is 0 Å². The fourth-order valence-electron chi connectivity index (χ4n) is 4.19. The Morgan fingerprint density at radius 3 is 2.41 bits per heavy atom. The number of piperidine rings is 1. The van der Waals surface area contributed by atoms with Crippen LogP contribution in [0.1, 0.15) is 44.5 Å². The minimum atomic E-state index is -0.105. The molecule has 0 radical (unpaired) electrons. The second-order valence-corrected chi connectivity index (χ2v) is 8.40. The molecule has 0 amide bonds. The van der Waals surface area contributed by atoms with E-state index in [0.29, 0.717) is 32.5 Å². The summed E-state index contributed by atoms with van der Waals surface area (Å²) in [6.45, 7) is 11.2. The average Bonchev–Trinajstić information content (AvgIpc) is 3.18. The molecule has 2 fully saturated rings. The minimum absolute atomic E-state index is 0.105. The van der Waals surface area contributed by atoms with Crippen LogP contribution in [0.3, 0.4) is 0 Å². The molecular formula is C22H29Cl2N3O2. The van der Waals surface area contributed by atoms with Crippen molar-refractivity contribution in [2.24, 2.45) is 5.41 Å². The molecule has 3 heterocycles. The van der Waals surface area contributed by atoms with Crippen molar-refractivity contribution in [3.05, 3.63) is 50.0 Å². The molecule has 2 saturated heterocycles. The molecule has 1 aromatic heterocycles.